The number of nitrogens with one attached hydrogen (secondary N) is 1. The predicted molar refractivity (Wildman–Crippen MR) is 87.7 cm³/mol. The summed E-state index contributed by atoms with van der Waals surface area (Å²) in [7, 11) is 0. The first kappa shape index (κ1) is 16.1. The van der Waals surface area contributed by atoms with Crippen LogP contribution in [0.25, 0.3) is 0 Å². The second-order valence-electron chi connectivity index (χ2n) is 5.91. The highest BCUT2D eigenvalue weighted by molar-refractivity contribution is 6.33. The van der Waals surface area contributed by atoms with Crippen molar-refractivity contribution >= 4 is 23.2 Å². The van der Waals surface area contributed by atoms with Crippen LogP contribution in [0.1, 0.15) is 36.5 Å². The monoisotopic (exact) mass is 309 g/mol. The number of piperidine rings is 1. The van der Waals surface area contributed by atoms with Gasteiger partial charge in [-0.25, -0.2) is 0 Å². The van der Waals surface area contributed by atoms with Crippen molar-refractivity contribution in [2.75, 3.05) is 31.9 Å². The zero-order valence-electron chi connectivity index (χ0n) is 12.6. The van der Waals surface area contributed by atoms with E-state index in [1.165, 1.54) is 32.4 Å². The molecule has 1 amide bonds. The van der Waals surface area contributed by atoms with Crippen LogP contribution >= 0.6 is 11.6 Å². The predicted octanol–water partition coefficient (Wildman–Crippen LogP) is 2.77. The summed E-state index contributed by atoms with van der Waals surface area (Å²) < 4.78 is 0. The van der Waals surface area contributed by atoms with E-state index in [4.69, 9.17) is 17.3 Å². The van der Waals surface area contributed by atoms with E-state index in [1.54, 1.807) is 18.2 Å². The summed E-state index contributed by atoms with van der Waals surface area (Å²) >= 11 is 5.86. The zero-order valence-corrected chi connectivity index (χ0v) is 13.3. The van der Waals surface area contributed by atoms with Crippen LogP contribution in [0.2, 0.25) is 5.02 Å². The Labute approximate surface area is 131 Å². The van der Waals surface area contributed by atoms with Gasteiger partial charge in [0.15, 0.2) is 0 Å². The van der Waals surface area contributed by atoms with Crippen molar-refractivity contribution in [2.45, 2.75) is 26.2 Å². The van der Waals surface area contributed by atoms with Gasteiger partial charge in [-0.2, -0.15) is 0 Å². The highest BCUT2D eigenvalue weighted by atomic mass is 35.5. The van der Waals surface area contributed by atoms with Gasteiger partial charge in [0, 0.05) is 18.7 Å². The van der Waals surface area contributed by atoms with Crippen molar-refractivity contribution in [1.82, 2.24) is 10.2 Å². The lowest BCUT2D eigenvalue weighted by atomic mass is 10.1. The number of carbonyl (C=O) groups excluding carboxylic acids is 1. The summed E-state index contributed by atoms with van der Waals surface area (Å²) in [6, 6.07) is 4.97. The molecule has 1 aromatic rings. The first-order valence-corrected chi connectivity index (χ1v) is 7.99. The van der Waals surface area contributed by atoms with Crippen LogP contribution in [0, 0.1) is 5.92 Å². The quantitative estimate of drug-likeness (QED) is 0.822. The summed E-state index contributed by atoms with van der Waals surface area (Å²) in [6.07, 6.45) is 3.94. The molecule has 4 nitrogen and oxygen atoms in total. The average Bonchev–Trinajstić information content (AvgIpc) is 2.48. The normalized spacial score (nSPS) is 17.4. The number of nitrogen functional groups attached to an aromatic ring is 1. The van der Waals surface area contributed by atoms with Crippen LogP contribution in [0.5, 0.6) is 0 Å². The van der Waals surface area contributed by atoms with Gasteiger partial charge < -0.3 is 16.0 Å². The van der Waals surface area contributed by atoms with E-state index in [0.717, 1.165) is 6.54 Å². The molecule has 0 bridgehead atoms. The van der Waals surface area contributed by atoms with Gasteiger partial charge in [0.2, 0.25) is 0 Å². The van der Waals surface area contributed by atoms with Gasteiger partial charge >= 0.3 is 0 Å². The third-order valence-electron chi connectivity index (χ3n) is 3.89. The maximum Gasteiger partial charge on any atom is 0.251 e. The standard InChI is InChI=1S/C16H24ClN3O/c1-12(11-20-7-3-2-4-8-20)10-19-16(21)13-5-6-14(17)15(18)9-13/h5-6,9,12H,2-4,7-8,10-11,18H2,1H3,(H,19,21). The number of halogens is 1. The Balaban J connectivity index is 1.78. The second-order valence-corrected chi connectivity index (χ2v) is 6.32. The maximum atomic E-state index is 12.1. The van der Waals surface area contributed by atoms with Gasteiger partial charge in [-0.15, -0.1) is 0 Å². The molecule has 0 spiro atoms. The number of likely N-dealkylation sites (tertiary alicyclic amines) is 1. The van der Waals surface area contributed by atoms with E-state index >= 15 is 0 Å². The van der Waals surface area contributed by atoms with Crippen molar-refractivity contribution in [3.8, 4) is 0 Å². The van der Waals surface area contributed by atoms with Gasteiger partial charge in [-0.05, 0) is 50.0 Å². The summed E-state index contributed by atoms with van der Waals surface area (Å²) in [5.74, 6) is 0.348. The van der Waals surface area contributed by atoms with Crippen LogP contribution in [0.4, 0.5) is 5.69 Å². The minimum absolute atomic E-state index is 0.0936. The van der Waals surface area contributed by atoms with Gasteiger partial charge in [-0.1, -0.05) is 24.9 Å². The first-order valence-electron chi connectivity index (χ1n) is 7.62. The molecule has 1 aliphatic heterocycles. The number of nitrogens with zero attached hydrogens (tertiary/aromatic N) is 1. The number of amides is 1. The molecule has 1 heterocycles. The minimum atomic E-state index is -0.0936. The van der Waals surface area contributed by atoms with Gasteiger partial charge in [0.1, 0.15) is 0 Å². The van der Waals surface area contributed by atoms with E-state index in [-0.39, 0.29) is 5.91 Å². The Bertz CT molecular complexity index is 486. The molecule has 116 valence electrons. The Morgan fingerprint density at radius 3 is 2.76 bits per heavy atom. The number of nitrogens with two attached hydrogens (primary N) is 1. The fourth-order valence-electron chi connectivity index (χ4n) is 2.70. The summed E-state index contributed by atoms with van der Waals surface area (Å²) in [6.45, 7) is 6.27. The molecule has 1 fully saturated rings. The molecule has 3 N–H and O–H groups in total. The number of carbonyl (C=O) groups is 1. The maximum absolute atomic E-state index is 12.1. The smallest absolute Gasteiger partial charge is 0.251 e. The molecule has 5 heteroatoms. The van der Waals surface area contributed by atoms with E-state index in [2.05, 4.69) is 17.1 Å². The number of rotatable bonds is 5. The van der Waals surface area contributed by atoms with Crippen LogP contribution in [-0.4, -0.2) is 37.0 Å². The topological polar surface area (TPSA) is 58.4 Å². The number of anilines is 1. The Morgan fingerprint density at radius 2 is 2.10 bits per heavy atom. The Morgan fingerprint density at radius 1 is 1.38 bits per heavy atom. The second kappa shape index (κ2) is 7.66. The fourth-order valence-corrected chi connectivity index (χ4v) is 2.82. The average molecular weight is 310 g/mol. The lowest BCUT2D eigenvalue weighted by Gasteiger charge is -2.29. The van der Waals surface area contributed by atoms with Crippen LogP contribution < -0.4 is 11.1 Å². The van der Waals surface area contributed by atoms with Crippen molar-refractivity contribution in [2.24, 2.45) is 5.92 Å². The molecule has 1 saturated heterocycles. The molecule has 1 aliphatic rings. The third kappa shape index (κ3) is 4.90. The number of hydrogen-bond acceptors (Lipinski definition) is 3. The fraction of sp³-hybridized carbons (Fsp3) is 0.562. The molecular formula is C16H24ClN3O. The van der Waals surface area contributed by atoms with Crippen LogP contribution in [0.3, 0.4) is 0 Å². The first-order chi connectivity index (χ1) is 10.1. The lowest BCUT2D eigenvalue weighted by molar-refractivity contribution is 0.0942. The molecule has 2 rings (SSSR count). The summed E-state index contributed by atoms with van der Waals surface area (Å²) in [5, 5.41) is 3.45. The molecule has 21 heavy (non-hydrogen) atoms. The third-order valence-corrected chi connectivity index (χ3v) is 4.23. The van der Waals surface area contributed by atoms with E-state index in [1.807, 2.05) is 0 Å². The van der Waals surface area contributed by atoms with E-state index in [0.29, 0.717) is 28.7 Å². The molecule has 1 unspecified atom stereocenters. The molecular weight excluding hydrogens is 286 g/mol. The van der Waals surface area contributed by atoms with Crippen molar-refractivity contribution < 1.29 is 4.79 Å². The van der Waals surface area contributed by atoms with Crippen molar-refractivity contribution in [3.63, 3.8) is 0 Å². The lowest BCUT2D eigenvalue weighted by Crippen LogP contribution is -2.38. The van der Waals surface area contributed by atoms with Gasteiger partial charge in [0.25, 0.3) is 5.91 Å². The van der Waals surface area contributed by atoms with Gasteiger partial charge in [0.05, 0.1) is 10.7 Å². The van der Waals surface area contributed by atoms with Crippen LogP contribution in [0.15, 0.2) is 18.2 Å². The minimum Gasteiger partial charge on any atom is -0.398 e. The highest BCUT2D eigenvalue weighted by Gasteiger charge is 2.14. The Hall–Kier alpha value is -1.26. The molecule has 1 aromatic carbocycles. The molecule has 0 radical (unpaired) electrons. The number of benzene rings is 1. The highest BCUT2D eigenvalue weighted by Crippen LogP contribution is 2.19. The van der Waals surface area contributed by atoms with Gasteiger partial charge in [-0.3, -0.25) is 4.79 Å². The molecule has 1 atom stereocenters. The van der Waals surface area contributed by atoms with Crippen molar-refractivity contribution in [3.05, 3.63) is 28.8 Å². The molecule has 0 aliphatic carbocycles. The SMILES string of the molecule is CC(CNC(=O)c1ccc(Cl)c(N)c1)CN1CCCCC1. The van der Waals surface area contributed by atoms with Crippen molar-refractivity contribution in [1.29, 1.82) is 0 Å². The van der Waals surface area contributed by atoms with E-state index in [9.17, 15) is 4.79 Å². The number of hydrogen-bond donors (Lipinski definition) is 2. The molecule has 0 aromatic heterocycles. The summed E-state index contributed by atoms with van der Waals surface area (Å²) in [5.41, 5.74) is 6.71. The largest absolute Gasteiger partial charge is 0.398 e. The van der Waals surface area contributed by atoms with E-state index < -0.39 is 0 Å². The molecule has 0 saturated carbocycles. The van der Waals surface area contributed by atoms with Crippen LogP contribution in [-0.2, 0) is 0 Å². The Kier molecular flexibility index (Phi) is 5.88. The summed E-state index contributed by atoms with van der Waals surface area (Å²) in [4.78, 5) is 14.6. The zero-order chi connectivity index (χ0) is 15.2.